The van der Waals surface area contributed by atoms with E-state index in [1.54, 1.807) is 0 Å². The quantitative estimate of drug-likeness (QED) is 0.774. The topological polar surface area (TPSA) is 35.5 Å². The molecule has 0 radical (unpaired) electrons. The number of rotatable bonds is 3. The van der Waals surface area contributed by atoms with Crippen LogP contribution in [0.2, 0.25) is 0 Å². The van der Waals surface area contributed by atoms with E-state index in [1.165, 1.54) is 5.57 Å². The highest BCUT2D eigenvalue weighted by atomic mass is 16.7. The first-order valence-electron chi connectivity index (χ1n) is 6.80. The van der Waals surface area contributed by atoms with Crippen LogP contribution in [0.15, 0.2) is 11.6 Å². The van der Waals surface area contributed by atoms with E-state index in [4.69, 9.17) is 9.47 Å². The highest BCUT2D eigenvalue weighted by Crippen LogP contribution is 2.50. The molecule has 18 heavy (non-hydrogen) atoms. The van der Waals surface area contributed by atoms with Gasteiger partial charge in [-0.25, -0.2) is 0 Å². The molecule has 1 heterocycles. The molecule has 0 spiro atoms. The zero-order valence-corrected chi connectivity index (χ0v) is 11.9. The molecule has 1 unspecified atom stereocenters. The summed E-state index contributed by atoms with van der Waals surface area (Å²) in [6.45, 7) is 9.88. The molecular formula is C15H24O3. The monoisotopic (exact) mass is 252 g/mol. The minimum absolute atomic E-state index is 0.00151. The van der Waals surface area contributed by atoms with Gasteiger partial charge in [-0.1, -0.05) is 26.3 Å². The third-order valence-corrected chi connectivity index (χ3v) is 4.71. The summed E-state index contributed by atoms with van der Waals surface area (Å²) in [5.41, 5.74) is 0.888. The van der Waals surface area contributed by atoms with E-state index in [-0.39, 0.29) is 22.9 Å². The third kappa shape index (κ3) is 2.39. The summed E-state index contributed by atoms with van der Waals surface area (Å²) >= 11 is 0. The highest BCUT2D eigenvalue weighted by Gasteiger charge is 2.48. The predicted octanol–water partition coefficient (Wildman–Crippen LogP) is 3.09. The Hall–Kier alpha value is -0.670. The first-order chi connectivity index (χ1) is 8.35. The number of ether oxygens (including phenoxy) is 2. The Morgan fingerprint density at radius 3 is 2.44 bits per heavy atom. The van der Waals surface area contributed by atoms with Crippen molar-refractivity contribution < 1.29 is 14.3 Å². The van der Waals surface area contributed by atoms with Crippen LogP contribution in [0.25, 0.3) is 0 Å². The molecular weight excluding hydrogens is 228 g/mol. The van der Waals surface area contributed by atoms with Gasteiger partial charge in [0, 0.05) is 5.41 Å². The van der Waals surface area contributed by atoms with Crippen molar-refractivity contribution in [2.24, 2.45) is 10.8 Å². The van der Waals surface area contributed by atoms with Gasteiger partial charge in [-0.15, -0.1) is 0 Å². The molecule has 2 rings (SSSR count). The Balaban J connectivity index is 2.09. The van der Waals surface area contributed by atoms with E-state index in [0.29, 0.717) is 13.2 Å². The lowest BCUT2D eigenvalue weighted by atomic mass is 9.57. The predicted molar refractivity (Wildman–Crippen MR) is 70.2 cm³/mol. The molecule has 0 bridgehead atoms. The summed E-state index contributed by atoms with van der Waals surface area (Å²) in [5.74, 6) is 0.259. The number of hydrogen-bond acceptors (Lipinski definition) is 3. The smallest absolute Gasteiger partial charge is 0.162 e. The van der Waals surface area contributed by atoms with Crippen molar-refractivity contribution in [3.05, 3.63) is 11.6 Å². The van der Waals surface area contributed by atoms with E-state index < -0.39 is 0 Å². The van der Waals surface area contributed by atoms with Crippen molar-refractivity contribution in [2.75, 3.05) is 13.2 Å². The average Bonchev–Trinajstić information content (AvgIpc) is 2.75. The fourth-order valence-corrected chi connectivity index (χ4v) is 3.10. The molecule has 1 aliphatic heterocycles. The fraction of sp³-hybridized carbons (Fsp3) is 0.800. The third-order valence-electron chi connectivity index (χ3n) is 4.71. The van der Waals surface area contributed by atoms with Gasteiger partial charge in [0.2, 0.25) is 0 Å². The Morgan fingerprint density at radius 2 is 1.89 bits per heavy atom. The van der Waals surface area contributed by atoms with Gasteiger partial charge in [0.25, 0.3) is 0 Å². The SMILES string of the molecule is CC1=CC(=O)C(C)(CCC2OCCO2)C(C)(C)C1. The summed E-state index contributed by atoms with van der Waals surface area (Å²) in [5, 5.41) is 0. The van der Waals surface area contributed by atoms with Crippen LogP contribution in [0, 0.1) is 10.8 Å². The van der Waals surface area contributed by atoms with E-state index in [0.717, 1.165) is 19.3 Å². The maximum absolute atomic E-state index is 12.4. The molecule has 0 aromatic heterocycles. The standard InChI is InChI=1S/C15H24O3/c1-11-9-12(16)15(4,14(2,3)10-11)6-5-13-17-7-8-18-13/h9,13H,5-8,10H2,1-4H3. The van der Waals surface area contributed by atoms with E-state index in [1.807, 2.05) is 13.0 Å². The lowest BCUT2D eigenvalue weighted by molar-refractivity contribution is -0.133. The van der Waals surface area contributed by atoms with Gasteiger partial charge in [0.1, 0.15) is 0 Å². The Morgan fingerprint density at radius 1 is 1.28 bits per heavy atom. The molecule has 3 heteroatoms. The Bertz CT molecular complexity index is 364. The van der Waals surface area contributed by atoms with Crippen molar-refractivity contribution in [1.29, 1.82) is 0 Å². The Labute approximate surface area is 110 Å². The summed E-state index contributed by atoms with van der Waals surface area (Å²) < 4.78 is 10.9. The van der Waals surface area contributed by atoms with Gasteiger partial charge in [-0.05, 0) is 37.7 Å². The molecule has 3 nitrogen and oxygen atoms in total. The largest absolute Gasteiger partial charge is 0.350 e. The van der Waals surface area contributed by atoms with Crippen LogP contribution in [0.5, 0.6) is 0 Å². The molecule has 0 aromatic carbocycles. The number of carbonyl (C=O) groups is 1. The highest BCUT2D eigenvalue weighted by molar-refractivity contribution is 5.96. The first-order valence-corrected chi connectivity index (χ1v) is 6.80. The van der Waals surface area contributed by atoms with Crippen LogP contribution in [-0.2, 0) is 14.3 Å². The summed E-state index contributed by atoms with van der Waals surface area (Å²) in [7, 11) is 0. The fourth-order valence-electron chi connectivity index (χ4n) is 3.10. The van der Waals surface area contributed by atoms with Crippen molar-refractivity contribution in [1.82, 2.24) is 0 Å². The number of ketones is 1. The molecule has 2 aliphatic rings. The number of hydrogen-bond donors (Lipinski definition) is 0. The second-order valence-electron chi connectivity index (χ2n) is 6.46. The van der Waals surface area contributed by atoms with Crippen molar-refractivity contribution in [3.8, 4) is 0 Å². The first kappa shape index (κ1) is 13.8. The van der Waals surface area contributed by atoms with Gasteiger partial charge in [-0.3, -0.25) is 4.79 Å². The molecule has 1 atom stereocenters. The molecule has 0 N–H and O–H groups in total. The normalized spacial score (nSPS) is 32.7. The van der Waals surface area contributed by atoms with E-state index in [9.17, 15) is 4.79 Å². The summed E-state index contributed by atoms with van der Waals surface area (Å²) in [6, 6.07) is 0. The lowest BCUT2D eigenvalue weighted by Gasteiger charge is -2.46. The molecule has 102 valence electrons. The van der Waals surface area contributed by atoms with Crippen LogP contribution in [0.3, 0.4) is 0 Å². The second-order valence-corrected chi connectivity index (χ2v) is 6.46. The lowest BCUT2D eigenvalue weighted by Crippen LogP contribution is -2.44. The van der Waals surface area contributed by atoms with Gasteiger partial charge in [0.15, 0.2) is 12.1 Å². The average molecular weight is 252 g/mol. The van der Waals surface area contributed by atoms with Crippen LogP contribution in [0.1, 0.15) is 47.0 Å². The number of allylic oxidation sites excluding steroid dienone is 2. The van der Waals surface area contributed by atoms with Crippen molar-refractivity contribution in [3.63, 3.8) is 0 Å². The zero-order chi connectivity index (χ0) is 13.4. The molecule has 0 saturated carbocycles. The van der Waals surface area contributed by atoms with Crippen molar-refractivity contribution in [2.45, 2.75) is 53.2 Å². The molecule has 0 aromatic rings. The molecule has 1 aliphatic carbocycles. The van der Waals surface area contributed by atoms with Gasteiger partial charge >= 0.3 is 0 Å². The number of carbonyl (C=O) groups excluding carboxylic acids is 1. The van der Waals surface area contributed by atoms with E-state index in [2.05, 4.69) is 20.8 Å². The molecule has 0 amide bonds. The summed E-state index contributed by atoms with van der Waals surface area (Å²) in [4.78, 5) is 12.4. The summed E-state index contributed by atoms with van der Waals surface area (Å²) in [6.07, 6.45) is 4.33. The zero-order valence-electron chi connectivity index (χ0n) is 11.9. The molecule has 1 saturated heterocycles. The van der Waals surface area contributed by atoms with Crippen molar-refractivity contribution >= 4 is 5.78 Å². The Kier molecular flexibility index (Phi) is 3.65. The van der Waals surface area contributed by atoms with Crippen LogP contribution in [-0.4, -0.2) is 25.3 Å². The van der Waals surface area contributed by atoms with Crippen LogP contribution >= 0.6 is 0 Å². The van der Waals surface area contributed by atoms with E-state index >= 15 is 0 Å². The van der Waals surface area contributed by atoms with Crippen LogP contribution in [0.4, 0.5) is 0 Å². The van der Waals surface area contributed by atoms with Gasteiger partial charge in [0.05, 0.1) is 13.2 Å². The molecule has 1 fully saturated rings. The maximum atomic E-state index is 12.4. The maximum Gasteiger partial charge on any atom is 0.162 e. The van der Waals surface area contributed by atoms with Gasteiger partial charge < -0.3 is 9.47 Å². The van der Waals surface area contributed by atoms with Gasteiger partial charge in [-0.2, -0.15) is 0 Å². The minimum Gasteiger partial charge on any atom is -0.350 e. The second kappa shape index (κ2) is 4.78. The van der Waals surface area contributed by atoms with Crippen LogP contribution < -0.4 is 0 Å². The minimum atomic E-state index is -0.304.